The topological polar surface area (TPSA) is 12.0 Å². The highest BCUT2D eigenvalue weighted by atomic mass is 14.8. The van der Waals surface area contributed by atoms with E-state index in [1.807, 2.05) is 30.3 Å². The van der Waals surface area contributed by atoms with E-state index < -0.39 is 0 Å². The van der Waals surface area contributed by atoms with Crippen molar-refractivity contribution in [2.45, 2.75) is 6.54 Å². The molecule has 1 N–H and O–H groups in total. The van der Waals surface area contributed by atoms with Gasteiger partial charge in [0.25, 0.3) is 0 Å². The Morgan fingerprint density at radius 3 is 2.44 bits per heavy atom. The van der Waals surface area contributed by atoms with Crippen LogP contribution in [-0.4, -0.2) is 0 Å². The van der Waals surface area contributed by atoms with E-state index in [9.17, 15) is 0 Å². The van der Waals surface area contributed by atoms with Crippen LogP contribution in [-0.2, 0) is 6.54 Å². The zero-order chi connectivity index (χ0) is 6.53. The molecule has 45 valence electrons. The molecule has 0 aliphatic rings. The van der Waals surface area contributed by atoms with Crippen molar-refractivity contribution in [2.24, 2.45) is 0 Å². The van der Waals surface area contributed by atoms with Crippen LogP contribution in [0.4, 0.5) is 0 Å². The monoisotopic (exact) mass is 118 g/mol. The predicted octanol–water partition coefficient (Wildman–Crippen LogP) is 1.32. The second-order valence-electron chi connectivity index (χ2n) is 1.84. The van der Waals surface area contributed by atoms with E-state index in [1.165, 1.54) is 0 Å². The van der Waals surface area contributed by atoms with Crippen molar-refractivity contribution in [3.63, 3.8) is 0 Å². The molecule has 0 aliphatic carbocycles. The van der Waals surface area contributed by atoms with Crippen LogP contribution in [0.3, 0.4) is 0 Å². The molecule has 1 aromatic carbocycles. The zero-order valence-corrected chi connectivity index (χ0v) is 5.09. The van der Waals surface area contributed by atoms with Crippen LogP contribution in [0, 0.1) is 7.05 Å². The van der Waals surface area contributed by atoms with Crippen molar-refractivity contribution in [3.05, 3.63) is 42.9 Å². The molecule has 0 amide bonds. The summed E-state index contributed by atoms with van der Waals surface area (Å²) in [5, 5.41) is 2.33. The van der Waals surface area contributed by atoms with Crippen molar-refractivity contribution >= 4 is 0 Å². The molecule has 9 heavy (non-hydrogen) atoms. The molecule has 0 aromatic heterocycles. The van der Waals surface area contributed by atoms with Gasteiger partial charge in [-0.25, -0.2) is 0 Å². The van der Waals surface area contributed by atoms with Crippen LogP contribution in [0.5, 0.6) is 0 Å². The minimum atomic E-state index is 0.626. The quantitative estimate of drug-likeness (QED) is 0.617. The maximum atomic E-state index is 6.69. The average molecular weight is 118 g/mol. The number of nitrogens with one attached hydrogen (secondary N) is 1. The summed E-state index contributed by atoms with van der Waals surface area (Å²) in [6, 6.07) is 9.87. The number of hydrogen-bond donors (Lipinski definition) is 1. The van der Waals surface area contributed by atoms with Crippen LogP contribution in [0.25, 0.3) is 0 Å². The second-order valence-corrected chi connectivity index (χ2v) is 1.84. The van der Waals surface area contributed by atoms with Gasteiger partial charge in [-0.1, -0.05) is 30.3 Å². The number of benzene rings is 1. The molecule has 0 atom stereocenters. The van der Waals surface area contributed by atoms with Crippen LogP contribution in [0.2, 0.25) is 0 Å². The van der Waals surface area contributed by atoms with E-state index in [-0.39, 0.29) is 0 Å². The molecule has 1 heteroatoms. The minimum Gasteiger partial charge on any atom is -0.302 e. The largest absolute Gasteiger partial charge is 0.302 e. The number of rotatable bonds is 2. The fourth-order valence-electron chi connectivity index (χ4n) is 0.698. The third kappa shape index (κ3) is 1.86. The smallest absolute Gasteiger partial charge is 0.0853 e. The maximum absolute atomic E-state index is 6.69. The Morgan fingerprint density at radius 2 is 1.89 bits per heavy atom. The lowest BCUT2D eigenvalue weighted by atomic mass is 10.2. The standard InChI is InChI=1S/C8H8N/c1-9-7-8-5-3-2-4-6-8/h2-6,9H,7H2. The second kappa shape index (κ2) is 3.25. The van der Waals surface area contributed by atoms with Crippen molar-refractivity contribution in [1.29, 1.82) is 0 Å². The van der Waals surface area contributed by atoms with Crippen molar-refractivity contribution < 1.29 is 0 Å². The Bertz CT molecular complexity index is 157. The van der Waals surface area contributed by atoms with Crippen molar-refractivity contribution in [2.75, 3.05) is 0 Å². The van der Waals surface area contributed by atoms with Gasteiger partial charge in [0.05, 0.1) is 7.05 Å². The molecule has 0 heterocycles. The van der Waals surface area contributed by atoms with E-state index >= 15 is 0 Å². The first-order valence-corrected chi connectivity index (χ1v) is 2.87. The van der Waals surface area contributed by atoms with Crippen molar-refractivity contribution in [3.8, 4) is 0 Å². The van der Waals surface area contributed by atoms with Gasteiger partial charge >= 0.3 is 0 Å². The van der Waals surface area contributed by atoms with Crippen LogP contribution in [0.15, 0.2) is 30.3 Å². The maximum Gasteiger partial charge on any atom is 0.0853 e. The van der Waals surface area contributed by atoms with Gasteiger partial charge in [0.2, 0.25) is 0 Å². The minimum absolute atomic E-state index is 0.626. The molecule has 0 unspecified atom stereocenters. The Balaban J connectivity index is 2.61. The van der Waals surface area contributed by atoms with Crippen LogP contribution < -0.4 is 5.32 Å². The highest BCUT2D eigenvalue weighted by Crippen LogP contribution is 1.95. The molecule has 0 fully saturated rings. The SMILES string of the molecule is [C]NCc1ccccc1. The van der Waals surface area contributed by atoms with E-state index in [2.05, 4.69) is 5.32 Å². The van der Waals surface area contributed by atoms with Crippen LogP contribution >= 0.6 is 0 Å². The summed E-state index contributed by atoms with van der Waals surface area (Å²) in [5.41, 5.74) is 1.15. The van der Waals surface area contributed by atoms with E-state index in [1.54, 1.807) is 0 Å². The van der Waals surface area contributed by atoms with Gasteiger partial charge < -0.3 is 5.32 Å². The number of hydrogen-bond acceptors (Lipinski definition) is 1. The van der Waals surface area contributed by atoms with Crippen molar-refractivity contribution in [1.82, 2.24) is 5.32 Å². The molecule has 1 rings (SSSR count). The molecule has 3 radical (unpaired) electrons. The van der Waals surface area contributed by atoms with Gasteiger partial charge in [-0.15, -0.1) is 0 Å². The normalized spacial score (nSPS) is 9.44. The average Bonchev–Trinajstić information content (AvgIpc) is 1.91. The van der Waals surface area contributed by atoms with Gasteiger partial charge in [-0.3, -0.25) is 0 Å². The van der Waals surface area contributed by atoms with Crippen LogP contribution in [0.1, 0.15) is 5.56 Å². The Hall–Kier alpha value is -0.820. The van der Waals surface area contributed by atoms with E-state index in [0.29, 0.717) is 6.54 Å². The Labute approximate surface area is 55.7 Å². The highest BCUT2D eigenvalue weighted by Gasteiger charge is 1.83. The summed E-state index contributed by atoms with van der Waals surface area (Å²) in [7, 11) is 6.69. The van der Waals surface area contributed by atoms with Gasteiger partial charge in [0.1, 0.15) is 0 Å². The Morgan fingerprint density at radius 1 is 1.22 bits per heavy atom. The zero-order valence-electron chi connectivity index (χ0n) is 5.09. The molecule has 1 aromatic rings. The van der Waals surface area contributed by atoms with Gasteiger partial charge in [-0.2, -0.15) is 0 Å². The first kappa shape index (κ1) is 6.30. The summed E-state index contributed by atoms with van der Waals surface area (Å²) < 4.78 is 0. The fourth-order valence-corrected chi connectivity index (χ4v) is 0.698. The lowest BCUT2D eigenvalue weighted by molar-refractivity contribution is 0.866. The molecular weight excluding hydrogens is 110 g/mol. The summed E-state index contributed by atoms with van der Waals surface area (Å²) >= 11 is 0. The van der Waals surface area contributed by atoms with Gasteiger partial charge in [0, 0.05) is 6.54 Å². The summed E-state index contributed by atoms with van der Waals surface area (Å²) in [6.07, 6.45) is 0. The lowest BCUT2D eigenvalue weighted by Gasteiger charge is -1.95. The third-order valence-electron chi connectivity index (χ3n) is 1.14. The summed E-state index contributed by atoms with van der Waals surface area (Å²) in [5.74, 6) is 0. The van der Waals surface area contributed by atoms with E-state index in [4.69, 9.17) is 7.05 Å². The van der Waals surface area contributed by atoms with E-state index in [0.717, 1.165) is 5.56 Å². The molecule has 0 spiro atoms. The molecule has 0 saturated carbocycles. The summed E-state index contributed by atoms with van der Waals surface area (Å²) in [6.45, 7) is 0.626. The first-order valence-electron chi connectivity index (χ1n) is 2.87. The van der Waals surface area contributed by atoms with Gasteiger partial charge in [0.15, 0.2) is 0 Å². The predicted molar refractivity (Wildman–Crippen MR) is 36.5 cm³/mol. The first-order chi connectivity index (χ1) is 4.43. The fraction of sp³-hybridized carbons (Fsp3) is 0.125. The summed E-state index contributed by atoms with van der Waals surface area (Å²) in [4.78, 5) is 0. The molecule has 1 nitrogen and oxygen atoms in total. The Kier molecular flexibility index (Phi) is 2.28. The molecule has 0 saturated heterocycles. The third-order valence-corrected chi connectivity index (χ3v) is 1.14. The highest BCUT2D eigenvalue weighted by molar-refractivity contribution is 5.14. The molecular formula is C8H8N. The van der Waals surface area contributed by atoms with Gasteiger partial charge in [-0.05, 0) is 5.56 Å². The molecule has 0 aliphatic heterocycles. The molecule has 0 bridgehead atoms. The lowest BCUT2D eigenvalue weighted by Crippen LogP contribution is -2.00.